The summed E-state index contributed by atoms with van der Waals surface area (Å²) in [5, 5.41) is 2.90. The van der Waals surface area contributed by atoms with E-state index in [0.717, 1.165) is 25.9 Å². The second kappa shape index (κ2) is 10.2. The maximum absolute atomic E-state index is 11.6. The normalized spacial score (nSPS) is 9.93. The Morgan fingerprint density at radius 3 is 2.13 bits per heavy atom. The number of likely N-dealkylation sites (N-methyl/N-ethyl adjacent to an activating group) is 2. The van der Waals surface area contributed by atoms with E-state index in [4.69, 9.17) is 0 Å². The monoisotopic (exact) mass is 236 g/mol. The molecule has 3 nitrogen and oxygen atoms in total. The molecule has 0 atom stereocenters. The summed E-state index contributed by atoms with van der Waals surface area (Å²) in [4.78, 5) is 13.5. The molecule has 0 radical (unpaired) electrons. The fourth-order valence-electron chi connectivity index (χ4n) is 1.53. The van der Waals surface area contributed by atoms with Gasteiger partial charge in [-0.25, -0.2) is 0 Å². The van der Waals surface area contributed by atoms with E-state index < -0.39 is 0 Å². The van der Waals surface area contributed by atoms with Gasteiger partial charge in [0.2, 0.25) is 5.91 Å². The molecule has 0 aromatic heterocycles. The van der Waals surface area contributed by atoms with Gasteiger partial charge in [-0.1, -0.05) is 26.7 Å². The molecule has 0 saturated heterocycles. The largest absolute Gasteiger partial charge is 0.342 e. The number of nitrogens with one attached hydrogen (secondary N) is 1. The first kappa shape index (κ1) is 17.1. The van der Waals surface area contributed by atoms with Gasteiger partial charge >= 0.3 is 0 Å². The molecule has 0 heterocycles. The topological polar surface area (TPSA) is 32.3 Å². The summed E-state index contributed by atoms with van der Waals surface area (Å²) >= 11 is 0. The van der Waals surface area contributed by atoms with Crippen molar-refractivity contribution in [2.75, 3.05) is 26.7 Å². The van der Waals surface area contributed by atoms with E-state index in [1.165, 1.54) is 0 Å². The third kappa shape index (κ3) is 6.74. The van der Waals surface area contributed by atoms with Gasteiger partial charge in [-0.05, 0) is 19.9 Å². The Morgan fingerprint density at radius 1 is 1.27 bits per heavy atom. The molecule has 0 aliphatic carbocycles. The van der Waals surface area contributed by atoms with Crippen molar-refractivity contribution >= 4 is 18.3 Å². The van der Waals surface area contributed by atoms with Gasteiger partial charge in [0, 0.05) is 13.1 Å². The van der Waals surface area contributed by atoms with Crippen molar-refractivity contribution in [2.45, 2.75) is 33.6 Å². The van der Waals surface area contributed by atoms with Gasteiger partial charge in [-0.3, -0.25) is 4.79 Å². The van der Waals surface area contributed by atoms with Crippen LogP contribution < -0.4 is 5.32 Å². The molecule has 4 heteroatoms. The van der Waals surface area contributed by atoms with Gasteiger partial charge in [-0.2, -0.15) is 0 Å². The quantitative estimate of drug-likeness (QED) is 0.733. The zero-order chi connectivity index (χ0) is 11.0. The first-order valence-electron chi connectivity index (χ1n) is 5.61. The Labute approximate surface area is 100 Å². The molecule has 0 saturated carbocycles. The Hall–Kier alpha value is -0.280. The third-order valence-corrected chi connectivity index (χ3v) is 2.70. The first-order chi connectivity index (χ1) is 6.69. The predicted molar refractivity (Wildman–Crippen MR) is 67.5 cm³/mol. The number of carbonyl (C=O) groups is 1. The summed E-state index contributed by atoms with van der Waals surface area (Å²) in [5.41, 5.74) is 0. The van der Waals surface area contributed by atoms with Crippen LogP contribution in [0, 0.1) is 5.92 Å². The van der Waals surface area contributed by atoms with Gasteiger partial charge in [0.1, 0.15) is 0 Å². The van der Waals surface area contributed by atoms with Crippen LogP contribution in [0.5, 0.6) is 0 Å². The van der Waals surface area contributed by atoms with E-state index in [9.17, 15) is 4.79 Å². The van der Waals surface area contributed by atoms with Crippen LogP contribution in [0.25, 0.3) is 0 Å². The molecular weight excluding hydrogens is 212 g/mol. The van der Waals surface area contributed by atoms with Crippen molar-refractivity contribution < 1.29 is 4.79 Å². The standard InChI is InChI=1S/C11H24N2O.ClH/c1-5-10(6-2)9-13(7-3)11(14)8-12-4;/h10,12H,5-9H2,1-4H3;1H. The Balaban J connectivity index is 0. The average Bonchev–Trinajstić information content (AvgIpc) is 2.20. The number of nitrogens with zero attached hydrogens (tertiary/aromatic N) is 1. The van der Waals surface area contributed by atoms with Crippen LogP contribution in [-0.2, 0) is 4.79 Å². The molecule has 0 aromatic carbocycles. The van der Waals surface area contributed by atoms with E-state index >= 15 is 0 Å². The lowest BCUT2D eigenvalue weighted by Crippen LogP contribution is -2.39. The van der Waals surface area contributed by atoms with Crippen molar-refractivity contribution in [2.24, 2.45) is 5.92 Å². The fraction of sp³-hybridized carbons (Fsp3) is 0.909. The van der Waals surface area contributed by atoms with E-state index in [1.54, 1.807) is 0 Å². The van der Waals surface area contributed by atoms with Gasteiger partial charge in [0.25, 0.3) is 0 Å². The Bertz CT molecular complexity index is 161. The van der Waals surface area contributed by atoms with E-state index in [-0.39, 0.29) is 18.3 Å². The second-order valence-electron chi connectivity index (χ2n) is 3.65. The van der Waals surface area contributed by atoms with Crippen LogP contribution in [0.15, 0.2) is 0 Å². The maximum Gasteiger partial charge on any atom is 0.236 e. The highest BCUT2D eigenvalue weighted by atomic mass is 35.5. The smallest absolute Gasteiger partial charge is 0.236 e. The molecule has 0 aromatic rings. The maximum atomic E-state index is 11.6. The number of rotatable bonds is 7. The molecule has 0 aliphatic heterocycles. The summed E-state index contributed by atoms with van der Waals surface area (Å²) in [5.74, 6) is 0.859. The molecule has 0 aliphatic rings. The molecule has 0 fully saturated rings. The van der Waals surface area contributed by atoms with Gasteiger partial charge in [0.15, 0.2) is 0 Å². The van der Waals surface area contributed by atoms with E-state index in [2.05, 4.69) is 19.2 Å². The van der Waals surface area contributed by atoms with Crippen molar-refractivity contribution in [3.63, 3.8) is 0 Å². The number of hydrogen-bond donors (Lipinski definition) is 1. The number of amides is 1. The minimum absolute atomic E-state index is 0. The summed E-state index contributed by atoms with van der Waals surface area (Å²) in [6.07, 6.45) is 2.31. The SMILES string of the molecule is CCC(CC)CN(CC)C(=O)CNC.Cl. The minimum Gasteiger partial charge on any atom is -0.342 e. The lowest BCUT2D eigenvalue weighted by Gasteiger charge is -2.25. The van der Waals surface area contributed by atoms with Crippen LogP contribution in [0.3, 0.4) is 0 Å². The van der Waals surface area contributed by atoms with Crippen molar-refractivity contribution in [3.8, 4) is 0 Å². The summed E-state index contributed by atoms with van der Waals surface area (Å²) in [6, 6.07) is 0. The van der Waals surface area contributed by atoms with Crippen LogP contribution in [-0.4, -0.2) is 37.5 Å². The number of hydrogen-bond acceptors (Lipinski definition) is 2. The highest BCUT2D eigenvalue weighted by Crippen LogP contribution is 2.09. The summed E-state index contributed by atoms with van der Waals surface area (Å²) in [6.45, 7) is 8.58. The zero-order valence-corrected chi connectivity index (χ0v) is 11.2. The van der Waals surface area contributed by atoms with E-state index in [0.29, 0.717) is 12.5 Å². The zero-order valence-electron chi connectivity index (χ0n) is 10.4. The predicted octanol–water partition coefficient (Wildman–Crippen LogP) is 1.91. The molecule has 1 N–H and O–H groups in total. The van der Waals surface area contributed by atoms with E-state index in [1.807, 2.05) is 18.9 Å². The van der Waals surface area contributed by atoms with Crippen LogP contribution in [0.4, 0.5) is 0 Å². The van der Waals surface area contributed by atoms with Gasteiger partial charge in [-0.15, -0.1) is 12.4 Å². The van der Waals surface area contributed by atoms with Gasteiger partial charge in [0.05, 0.1) is 6.54 Å². The average molecular weight is 237 g/mol. The van der Waals surface area contributed by atoms with Crippen LogP contribution in [0.1, 0.15) is 33.6 Å². The highest BCUT2D eigenvalue weighted by molar-refractivity contribution is 5.85. The number of carbonyl (C=O) groups excluding carboxylic acids is 1. The Morgan fingerprint density at radius 2 is 1.80 bits per heavy atom. The molecule has 0 spiro atoms. The van der Waals surface area contributed by atoms with Crippen molar-refractivity contribution in [1.82, 2.24) is 10.2 Å². The van der Waals surface area contributed by atoms with Gasteiger partial charge < -0.3 is 10.2 Å². The lowest BCUT2D eigenvalue weighted by molar-refractivity contribution is -0.130. The van der Waals surface area contributed by atoms with Crippen LogP contribution in [0.2, 0.25) is 0 Å². The molecule has 0 bridgehead atoms. The second-order valence-corrected chi connectivity index (χ2v) is 3.65. The third-order valence-electron chi connectivity index (χ3n) is 2.70. The highest BCUT2D eigenvalue weighted by Gasteiger charge is 2.14. The summed E-state index contributed by atoms with van der Waals surface area (Å²) in [7, 11) is 1.81. The molecule has 92 valence electrons. The molecule has 0 unspecified atom stereocenters. The van der Waals surface area contributed by atoms with Crippen LogP contribution >= 0.6 is 12.4 Å². The minimum atomic E-state index is 0. The lowest BCUT2D eigenvalue weighted by atomic mass is 10.0. The molecule has 1 amide bonds. The van der Waals surface area contributed by atoms with Crippen molar-refractivity contribution in [3.05, 3.63) is 0 Å². The molecular formula is C11H25ClN2O. The van der Waals surface area contributed by atoms with Crippen molar-refractivity contribution in [1.29, 1.82) is 0 Å². The number of halogens is 1. The molecule has 0 rings (SSSR count). The molecule has 15 heavy (non-hydrogen) atoms. The first-order valence-corrected chi connectivity index (χ1v) is 5.61. The fourth-order valence-corrected chi connectivity index (χ4v) is 1.53. The Kier molecular flexibility index (Phi) is 11.7. The summed E-state index contributed by atoms with van der Waals surface area (Å²) < 4.78 is 0.